The fourth-order valence-corrected chi connectivity index (χ4v) is 4.76. The van der Waals surface area contributed by atoms with E-state index in [1.807, 2.05) is 12.1 Å². The fourth-order valence-electron chi connectivity index (χ4n) is 2.96. The lowest BCUT2D eigenvalue weighted by Gasteiger charge is -2.21. The molecule has 2 nitrogen and oxygen atoms in total. The van der Waals surface area contributed by atoms with Crippen LogP contribution in [-0.2, 0) is 10.8 Å². The number of hydrogen-bond acceptors (Lipinski definition) is 2. The third kappa shape index (κ3) is 3.46. The van der Waals surface area contributed by atoms with Gasteiger partial charge in [0.1, 0.15) is 0 Å². The highest BCUT2D eigenvalue weighted by Gasteiger charge is 2.36. The van der Waals surface area contributed by atoms with Gasteiger partial charge in [-0.25, -0.2) is 0 Å². The van der Waals surface area contributed by atoms with Crippen molar-refractivity contribution in [3.8, 4) is 0 Å². The zero-order chi connectivity index (χ0) is 13.8. The molecule has 0 spiro atoms. The zero-order valence-corrected chi connectivity index (χ0v) is 13.0. The largest absolute Gasteiger partial charge is 0.314 e. The third-order valence-corrected chi connectivity index (χ3v) is 6.07. The number of aryl methyl sites for hydroxylation is 1. The van der Waals surface area contributed by atoms with Crippen molar-refractivity contribution in [3.63, 3.8) is 0 Å². The molecule has 2 rings (SSSR count). The van der Waals surface area contributed by atoms with E-state index in [0.29, 0.717) is 17.2 Å². The van der Waals surface area contributed by atoms with Crippen molar-refractivity contribution < 1.29 is 4.21 Å². The Morgan fingerprint density at radius 1 is 1.37 bits per heavy atom. The number of rotatable bonds is 5. The maximum atomic E-state index is 12.7. The van der Waals surface area contributed by atoms with Crippen LogP contribution in [0.25, 0.3) is 0 Å². The van der Waals surface area contributed by atoms with Crippen molar-refractivity contribution in [1.82, 2.24) is 5.32 Å². The van der Waals surface area contributed by atoms with E-state index in [2.05, 4.69) is 38.2 Å². The van der Waals surface area contributed by atoms with Crippen LogP contribution in [-0.4, -0.2) is 22.0 Å². The molecule has 1 N–H and O–H groups in total. The predicted octanol–water partition coefficient (Wildman–Crippen LogP) is 3.27. The first-order valence-electron chi connectivity index (χ1n) is 7.34. The van der Waals surface area contributed by atoms with Crippen molar-refractivity contribution in [2.24, 2.45) is 5.92 Å². The van der Waals surface area contributed by atoms with E-state index in [9.17, 15) is 4.21 Å². The Morgan fingerprint density at radius 2 is 2.16 bits per heavy atom. The molecular formula is C16H25NOS. The van der Waals surface area contributed by atoms with Crippen molar-refractivity contribution in [3.05, 3.63) is 29.8 Å². The fraction of sp³-hybridized carbons (Fsp3) is 0.625. The Hall–Kier alpha value is -0.670. The van der Waals surface area contributed by atoms with Crippen LogP contribution in [0.1, 0.15) is 38.7 Å². The van der Waals surface area contributed by atoms with Crippen LogP contribution in [0, 0.1) is 12.8 Å². The average molecular weight is 279 g/mol. The summed E-state index contributed by atoms with van der Waals surface area (Å²) in [4.78, 5) is 0.994. The van der Waals surface area contributed by atoms with Crippen LogP contribution in [0.4, 0.5) is 0 Å². The minimum atomic E-state index is -0.865. The Labute approximate surface area is 119 Å². The minimum absolute atomic E-state index is 0.302. The molecule has 4 unspecified atom stereocenters. The molecule has 0 heterocycles. The summed E-state index contributed by atoms with van der Waals surface area (Å²) in [6, 6.07) is 8.68. The van der Waals surface area contributed by atoms with Gasteiger partial charge in [-0.15, -0.1) is 0 Å². The van der Waals surface area contributed by atoms with Gasteiger partial charge < -0.3 is 5.32 Å². The minimum Gasteiger partial charge on any atom is -0.314 e. The van der Waals surface area contributed by atoms with Crippen LogP contribution in [0.5, 0.6) is 0 Å². The van der Waals surface area contributed by atoms with Crippen LogP contribution < -0.4 is 5.32 Å². The number of benzene rings is 1. The van der Waals surface area contributed by atoms with Gasteiger partial charge in [0.25, 0.3) is 0 Å². The van der Waals surface area contributed by atoms with Crippen LogP contribution >= 0.6 is 0 Å². The van der Waals surface area contributed by atoms with Crippen molar-refractivity contribution in [2.75, 3.05) is 6.54 Å². The second kappa shape index (κ2) is 6.67. The van der Waals surface area contributed by atoms with Gasteiger partial charge in [-0.2, -0.15) is 0 Å². The first kappa shape index (κ1) is 14.7. The van der Waals surface area contributed by atoms with Crippen LogP contribution in [0.3, 0.4) is 0 Å². The lowest BCUT2D eigenvalue weighted by Crippen LogP contribution is -2.35. The quantitative estimate of drug-likeness (QED) is 0.896. The molecule has 1 aliphatic carbocycles. The Morgan fingerprint density at radius 3 is 2.84 bits per heavy atom. The summed E-state index contributed by atoms with van der Waals surface area (Å²) in [6.45, 7) is 7.57. The molecule has 4 atom stereocenters. The van der Waals surface area contributed by atoms with Crippen molar-refractivity contribution in [1.29, 1.82) is 0 Å². The molecule has 1 fully saturated rings. The van der Waals surface area contributed by atoms with Gasteiger partial charge in [0.2, 0.25) is 0 Å². The molecular weight excluding hydrogens is 254 g/mol. The van der Waals surface area contributed by atoms with E-state index in [4.69, 9.17) is 0 Å². The number of nitrogens with one attached hydrogen (secondary N) is 1. The van der Waals surface area contributed by atoms with E-state index in [1.54, 1.807) is 0 Å². The molecule has 19 heavy (non-hydrogen) atoms. The average Bonchev–Trinajstić information content (AvgIpc) is 2.77. The highest BCUT2D eigenvalue weighted by Crippen LogP contribution is 2.32. The summed E-state index contributed by atoms with van der Waals surface area (Å²) < 4.78 is 12.7. The summed E-state index contributed by atoms with van der Waals surface area (Å²) in [5.41, 5.74) is 1.19. The molecule has 1 aromatic rings. The van der Waals surface area contributed by atoms with E-state index in [0.717, 1.165) is 30.7 Å². The van der Waals surface area contributed by atoms with Crippen LogP contribution in [0.2, 0.25) is 0 Å². The Balaban J connectivity index is 2.04. The molecule has 0 bridgehead atoms. The summed E-state index contributed by atoms with van der Waals surface area (Å²) >= 11 is 0. The molecule has 0 radical (unpaired) electrons. The SMILES string of the molecule is CCCNC1CCC(S(=O)c2cccc(C)c2)C1C. The lowest BCUT2D eigenvalue weighted by atomic mass is 10.1. The normalized spacial score (nSPS) is 28.5. The smallest absolute Gasteiger partial charge is 0.0564 e. The molecule has 0 saturated heterocycles. The lowest BCUT2D eigenvalue weighted by molar-refractivity contribution is 0.429. The van der Waals surface area contributed by atoms with Gasteiger partial charge in [0, 0.05) is 16.2 Å². The Kier molecular flexibility index (Phi) is 5.17. The van der Waals surface area contributed by atoms with Crippen LogP contribution in [0.15, 0.2) is 29.2 Å². The highest BCUT2D eigenvalue weighted by atomic mass is 32.2. The molecule has 1 aromatic carbocycles. The Bertz CT molecular complexity index is 446. The molecule has 106 valence electrons. The van der Waals surface area contributed by atoms with Gasteiger partial charge >= 0.3 is 0 Å². The topological polar surface area (TPSA) is 29.1 Å². The third-order valence-electron chi connectivity index (χ3n) is 4.14. The highest BCUT2D eigenvalue weighted by molar-refractivity contribution is 7.85. The van der Waals surface area contributed by atoms with E-state index in [1.165, 1.54) is 5.56 Å². The van der Waals surface area contributed by atoms with E-state index >= 15 is 0 Å². The molecule has 0 aliphatic heterocycles. The second-order valence-corrected chi connectivity index (χ2v) is 7.32. The molecule has 0 amide bonds. The number of hydrogen-bond donors (Lipinski definition) is 1. The standard InChI is InChI=1S/C16H25NOS/c1-4-10-17-15-8-9-16(13(15)3)19(18)14-7-5-6-12(2)11-14/h5-7,11,13,15-17H,4,8-10H2,1-3H3. The summed E-state index contributed by atoms with van der Waals surface area (Å²) in [5.74, 6) is 0.493. The van der Waals surface area contributed by atoms with Gasteiger partial charge in [-0.1, -0.05) is 26.0 Å². The summed E-state index contributed by atoms with van der Waals surface area (Å²) in [5, 5.41) is 3.90. The van der Waals surface area contributed by atoms with Gasteiger partial charge in [0.05, 0.1) is 10.8 Å². The molecule has 3 heteroatoms. The molecule has 1 aliphatic rings. The van der Waals surface area contributed by atoms with E-state index < -0.39 is 10.8 Å². The summed E-state index contributed by atoms with van der Waals surface area (Å²) in [6.07, 6.45) is 3.39. The monoisotopic (exact) mass is 279 g/mol. The van der Waals surface area contributed by atoms with Gasteiger partial charge in [0.15, 0.2) is 0 Å². The zero-order valence-electron chi connectivity index (χ0n) is 12.2. The van der Waals surface area contributed by atoms with E-state index in [-0.39, 0.29) is 0 Å². The molecule has 1 saturated carbocycles. The van der Waals surface area contributed by atoms with Crippen molar-refractivity contribution in [2.45, 2.75) is 56.2 Å². The van der Waals surface area contributed by atoms with Gasteiger partial charge in [-0.3, -0.25) is 4.21 Å². The first-order chi connectivity index (χ1) is 9.13. The predicted molar refractivity (Wildman–Crippen MR) is 81.9 cm³/mol. The first-order valence-corrected chi connectivity index (χ1v) is 8.55. The van der Waals surface area contributed by atoms with Crippen molar-refractivity contribution >= 4 is 10.8 Å². The maximum Gasteiger partial charge on any atom is 0.0564 e. The summed E-state index contributed by atoms with van der Waals surface area (Å²) in [7, 11) is -0.865. The molecule has 0 aromatic heterocycles. The second-order valence-electron chi connectivity index (χ2n) is 5.65. The van der Waals surface area contributed by atoms with Gasteiger partial charge in [-0.05, 0) is 56.3 Å². The maximum absolute atomic E-state index is 12.7.